The van der Waals surface area contributed by atoms with Gasteiger partial charge < -0.3 is 20.7 Å². The van der Waals surface area contributed by atoms with E-state index in [-0.39, 0.29) is 34.6 Å². The Bertz CT molecular complexity index is 1430. The van der Waals surface area contributed by atoms with Gasteiger partial charge in [0, 0.05) is 41.7 Å². The van der Waals surface area contributed by atoms with Gasteiger partial charge in [0.05, 0.1) is 17.2 Å². The molecule has 0 radical (unpaired) electrons. The van der Waals surface area contributed by atoms with Crippen molar-refractivity contribution in [3.8, 4) is 6.07 Å². The Hall–Kier alpha value is -3.63. The van der Waals surface area contributed by atoms with Crippen molar-refractivity contribution in [2.24, 2.45) is 16.7 Å². The van der Waals surface area contributed by atoms with Gasteiger partial charge in [0.2, 0.25) is 5.91 Å². The number of aliphatic hydroxyl groups is 1. The third kappa shape index (κ3) is 5.51. The second-order valence-corrected chi connectivity index (χ2v) is 12.9. The maximum Gasteiger partial charge on any atom is 0.251 e. The Labute approximate surface area is 236 Å². The van der Waals surface area contributed by atoms with Crippen molar-refractivity contribution >= 4 is 22.7 Å². The summed E-state index contributed by atoms with van der Waals surface area (Å²) in [5.41, 5.74) is 2.20. The van der Waals surface area contributed by atoms with Gasteiger partial charge >= 0.3 is 0 Å². The molecule has 1 aromatic heterocycles. The van der Waals surface area contributed by atoms with Gasteiger partial charge in [0.25, 0.3) is 5.91 Å². The molecule has 210 valence electrons. The van der Waals surface area contributed by atoms with Crippen LogP contribution in [0.1, 0.15) is 80.8 Å². The van der Waals surface area contributed by atoms with E-state index in [0.717, 1.165) is 24.8 Å². The predicted molar refractivity (Wildman–Crippen MR) is 155 cm³/mol. The van der Waals surface area contributed by atoms with Crippen LogP contribution in [0.3, 0.4) is 0 Å². The molecule has 4 atom stereocenters. The Morgan fingerprint density at radius 2 is 1.82 bits per heavy atom. The predicted octanol–water partition coefficient (Wildman–Crippen LogP) is 5.24. The summed E-state index contributed by atoms with van der Waals surface area (Å²) >= 11 is 0. The second kappa shape index (κ2) is 10.7. The third-order valence-corrected chi connectivity index (χ3v) is 9.62. The number of nitrogens with zero attached hydrogens (tertiary/aromatic N) is 1. The van der Waals surface area contributed by atoms with Gasteiger partial charge in [-0.15, -0.1) is 0 Å². The number of nitriles is 1. The van der Waals surface area contributed by atoms with Crippen LogP contribution in [-0.2, 0) is 11.2 Å². The van der Waals surface area contributed by atoms with Gasteiger partial charge in [-0.3, -0.25) is 9.59 Å². The van der Waals surface area contributed by atoms with Crippen molar-refractivity contribution in [3.63, 3.8) is 0 Å². The third-order valence-electron chi connectivity index (χ3n) is 9.62. The molecule has 4 N–H and O–H groups in total. The Balaban J connectivity index is 1.28. The summed E-state index contributed by atoms with van der Waals surface area (Å²) in [5.74, 6) is 0.0343. The highest BCUT2D eigenvalue weighted by Crippen LogP contribution is 2.63. The zero-order chi connectivity index (χ0) is 28.5. The first-order valence-corrected chi connectivity index (χ1v) is 14.4. The number of aromatic amines is 1. The minimum absolute atomic E-state index is 0.0205. The number of H-pyrrole nitrogens is 1. The van der Waals surface area contributed by atoms with E-state index in [1.165, 1.54) is 10.9 Å². The van der Waals surface area contributed by atoms with E-state index >= 15 is 0 Å². The highest BCUT2D eigenvalue weighted by Gasteiger charge is 2.61. The van der Waals surface area contributed by atoms with E-state index < -0.39 is 5.60 Å². The molecule has 0 spiro atoms. The largest absolute Gasteiger partial charge is 0.390 e. The van der Waals surface area contributed by atoms with Crippen LogP contribution in [0.25, 0.3) is 10.9 Å². The molecule has 2 saturated carbocycles. The summed E-state index contributed by atoms with van der Waals surface area (Å²) < 4.78 is 0. The molecule has 0 aliphatic heterocycles. The van der Waals surface area contributed by atoms with Gasteiger partial charge in [-0.05, 0) is 98.1 Å². The van der Waals surface area contributed by atoms with Crippen LogP contribution < -0.4 is 10.6 Å². The van der Waals surface area contributed by atoms with Crippen LogP contribution in [0.15, 0.2) is 54.7 Å². The van der Waals surface area contributed by atoms with Gasteiger partial charge in [-0.1, -0.05) is 32.0 Å². The average molecular weight is 541 g/mol. The van der Waals surface area contributed by atoms with Crippen LogP contribution >= 0.6 is 0 Å². The number of carbonyl (C=O) groups excluding carboxylic acids is 2. The number of benzene rings is 2. The number of hydrogen-bond acceptors (Lipinski definition) is 4. The lowest BCUT2D eigenvalue weighted by molar-refractivity contribution is -0.123. The van der Waals surface area contributed by atoms with Crippen molar-refractivity contribution in [2.75, 3.05) is 6.54 Å². The molecule has 3 aromatic rings. The fourth-order valence-electron chi connectivity index (χ4n) is 7.48. The molecule has 7 nitrogen and oxygen atoms in total. The number of amides is 2. The molecule has 2 aliphatic rings. The zero-order valence-electron chi connectivity index (χ0n) is 23.7. The minimum atomic E-state index is -0.751. The Morgan fingerprint density at radius 1 is 1.07 bits per heavy atom. The fourth-order valence-corrected chi connectivity index (χ4v) is 7.48. The van der Waals surface area contributed by atoms with Gasteiger partial charge in [0.15, 0.2) is 0 Å². The van der Waals surface area contributed by atoms with Gasteiger partial charge in [0.1, 0.15) is 0 Å². The lowest BCUT2D eigenvalue weighted by atomic mass is 9.57. The highest BCUT2D eigenvalue weighted by atomic mass is 16.3. The summed E-state index contributed by atoms with van der Waals surface area (Å²) in [6.45, 7) is 6.93. The van der Waals surface area contributed by atoms with Crippen molar-refractivity contribution < 1.29 is 14.7 Å². The number of rotatable bonds is 8. The standard InChI is InChI=1S/C33H40N4O3/c1-31(2)19-28(37-30(39)23-10-8-22(20-34)9-11-23)33(16-15-32(3,40)18-27(31)33)14-12-29(38)35-17-13-24-21-36-26-7-5-4-6-25(24)26/h4-11,21,27-28,36,40H,12-19H2,1-3H3,(H,35,38)(H,37,39)/t27-,28-,32-,33-/m0/s1. The first-order chi connectivity index (χ1) is 19.0. The maximum atomic E-state index is 13.3. The first-order valence-electron chi connectivity index (χ1n) is 14.4. The Morgan fingerprint density at radius 3 is 2.58 bits per heavy atom. The lowest BCUT2D eigenvalue weighted by Crippen LogP contribution is -2.52. The monoisotopic (exact) mass is 540 g/mol. The van der Waals surface area contributed by atoms with Crippen molar-refractivity contribution in [2.45, 2.75) is 77.4 Å². The van der Waals surface area contributed by atoms with E-state index in [0.29, 0.717) is 43.4 Å². The molecule has 2 amide bonds. The smallest absolute Gasteiger partial charge is 0.251 e. The van der Waals surface area contributed by atoms with Crippen LogP contribution in [-0.4, -0.2) is 40.1 Å². The highest BCUT2D eigenvalue weighted by molar-refractivity contribution is 5.94. The number of para-hydroxylation sites is 1. The maximum absolute atomic E-state index is 13.3. The first kappa shape index (κ1) is 27.9. The molecule has 0 bridgehead atoms. The summed E-state index contributed by atoms with van der Waals surface area (Å²) in [7, 11) is 0. The minimum Gasteiger partial charge on any atom is -0.390 e. The molecule has 2 aromatic carbocycles. The number of aromatic nitrogens is 1. The molecule has 7 heteroatoms. The van der Waals surface area contributed by atoms with Crippen LogP contribution in [0.2, 0.25) is 0 Å². The van der Waals surface area contributed by atoms with Gasteiger partial charge in [-0.2, -0.15) is 5.26 Å². The molecule has 2 aliphatic carbocycles. The number of hydrogen-bond donors (Lipinski definition) is 4. The zero-order valence-corrected chi connectivity index (χ0v) is 23.7. The molecule has 0 unspecified atom stereocenters. The summed E-state index contributed by atoms with van der Waals surface area (Å²) in [5, 5.41) is 27.7. The normalized spacial score (nSPS) is 27.1. The van der Waals surface area contributed by atoms with Crippen LogP contribution in [0.5, 0.6) is 0 Å². The molecule has 0 saturated heterocycles. The van der Waals surface area contributed by atoms with E-state index in [1.807, 2.05) is 31.3 Å². The molecular formula is C33H40N4O3. The van der Waals surface area contributed by atoms with E-state index in [1.54, 1.807) is 24.3 Å². The number of carbonyl (C=O) groups is 2. The number of fused-ring (bicyclic) bond motifs is 2. The molecule has 1 heterocycles. The fraction of sp³-hybridized carbons (Fsp3) is 0.485. The quantitative estimate of drug-likeness (QED) is 0.312. The SMILES string of the molecule is CC1(C)C[C@H](NC(=O)c2ccc(C#N)cc2)[C@@]2(CCC(=O)NCCc3c[nH]c4ccccc34)CC[C@](C)(O)C[C@@H]12. The number of nitrogens with one attached hydrogen (secondary N) is 3. The van der Waals surface area contributed by atoms with Crippen molar-refractivity contribution in [1.82, 2.24) is 15.6 Å². The summed E-state index contributed by atoms with van der Waals surface area (Å²) in [4.78, 5) is 29.7. The molecular weight excluding hydrogens is 500 g/mol. The molecule has 5 rings (SSSR count). The Kier molecular flexibility index (Phi) is 7.50. The molecule has 2 fully saturated rings. The van der Waals surface area contributed by atoms with E-state index in [4.69, 9.17) is 5.26 Å². The van der Waals surface area contributed by atoms with Crippen LogP contribution in [0.4, 0.5) is 0 Å². The lowest BCUT2D eigenvalue weighted by Gasteiger charge is -2.50. The summed E-state index contributed by atoms with van der Waals surface area (Å²) in [6, 6.07) is 16.8. The van der Waals surface area contributed by atoms with Crippen LogP contribution in [0, 0.1) is 28.1 Å². The van der Waals surface area contributed by atoms with E-state index in [9.17, 15) is 14.7 Å². The van der Waals surface area contributed by atoms with Crippen molar-refractivity contribution in [1.29, 1.82) is 5.26 Å². The topological polar surface area (TPSA) is 118 Å². The van der Waals surface area contributed by atoms with Gasteiger partial charge in [-0.25, -0.2) is 0 Å². The summed E-state index contributed by atoms with van der Waals surface area (Å²) in [6.07, 6.45) is 6.66. The average Bonchev–Trinajstić information content (AvgIpc) is 3.43. The van der Waals surface area contributed by atoms with E-state index in [2.05, 4.69) is 41.6 Å². The second-order valence-electron chi connectivity index (χ2n) is 12.9. The molecule has 40 heavy (non-hydrogen) atoms. The van der Waals surface area contributed by atoms with Crippen molar-refractivity contribution in [3.05, 3.63) is 71.4 Å².